The first-order chi connectivity index (χ1) is 10.2. The summed E-state index contributed by atoms with van der Waals surface area (Å²) in [4.78, 5) is 1.17. The maximum absolute atomic E-state index is 5.36. The van der Waals surface area contributed by atoms with Crippen molar-refractivity contribution in [3.05, 3.63) is 36.2 Å². The molecule has 5 nitrogen and oxygen atoms in total. The van der Waals surface area contributed by atoms with Crippen LogP contribution in [0.1, 0.15) is 11.6 Å². The van der Waals surface area contributed by atoms with Crippen LogP contribution in [0.25, 0.3) is 0 Å². The Morgan fingerprint density at radius 1 is 1.29 bits per heavy atom. The van der Waals surface area contributed by atoms with Gasteiger partial charge < -0.3 is 14.8 Å². The van der Waals surface area contributed by atoms with E-state index in [1.807, 2.05) is 43.3 Å². The van der Waals surface area contributed by atoms with E-state index in [9.17, 15) is 0 Å². The van der Waals surface area contributed by atoms with Crippen molar-refractivity contribution >= 4 is 11.8 Å². The minimum atomic E-state index is 0.231. The van der Waals surface area contributed by atoms with Crippen molar-refractivity contribution in [3.63, 3.8) is 0 Å². The lowest BCUT2D eigenvalue weighted by Gasteiger charge is -2.17. The number of hydrogen-bond acceptors (Lipinski definition) is 5. The van der Waals surface area contributed by atoms with E-state index in [0.717, 1.165) is 17.3 Å². The van der Waals surface area contributed by atoms with Crippen molar-refractivity contribution in [2.75, 3.05) is 27.0 Å². The maximum Gasteiger partial charge on any atom is 0.161 e. The first-order valence-corrected chi connectivity index (χ1v) is 7.67. The van der Waals surface area contributed by atoms with E-state index >= 15 is 0 Å². The highest BCUT2D eigenvalue weighted by Crippen LogP contribution is 2.31. The van der Waals surface area contributed by atoms with Crippen LogP contribution in [0.2, 0.25) is 0 Å². The zero-order chi connectivity index (χ0) is 15.2. The Bertz CT molecular complexity index is 586. The number of methoxy groups -OCH3 is 2. The van der Waals surface area contributed by atoms with Crippen LogP contribution in [-0.2, 0) is 7.05 Å². The molecule has 0 aliphatic heterocycles. The van der Waals surface area contributed by atoms with Gasteiger partial charge in [-0.25, -0.2) is 0 Å². The molecule has 1 atom stereocenters. The highest BCUT2D eigenvalue weighted by Gasteiger charge is 2.13. The Hall–Kier alpha value is -1.66. The summed E-state index contributed by atoms with van der Waals surface area (Å²) in [5.74, 6) is 2.41. The molecule has 0 aliphatic carbocycles. The lowest BCUT2D eigenvalue weighted by molar-refractivity contribution is 0.354. The molecular formula is C15H21N3O2S. The second-order valence-electron chi connectivity index (χ2n) is 4.62. The van der Waals surface area contributed by atoms with E-state index in [0.29, 0.717) is 0 Å². The fourth-order valence-electron chi connectivity index (χ4n) is 2.07. The topological polar surface area (TPSA) is 48.3 Å². The molecule has 1 heterocycles. The number of nitrogens with zero attached hydrogens (tertiary/aromatic N) is 2. The van der Waals surface area contributed by atoms with Crippen molar-refractivity contribution in [1.82, 2.24) is 15.1 Å². The SMILES string of the molecule is CNC(CSc1cnn(C)c1)c1ccc(OC)c(OC)c1. The summed E-state index contributed by atoms with van der Waals surface area (Å²) in [6, 6.07) is 6.25. The molecule has 114 valence electrons. The predicted molar refractivity (Wildman–Crippen MR) is 85.3 cm³/mol. The average Bonchev–Trinajstić information content (AvgIpc) is 2.93. The largest absolute Gasteiger partial charge is 0.493 e. The van der Waals surface area contributed by atoms with Gasteiger partial charge in [-0.3, -0.25) is 4.68 Å². The number of benzene rings is 1. The summed E-state index contributed by atoms with van der Waals surface area (Å²) in [5.41, 5.74) is 1.17. The van der Waals surface area contributed by atoms with Gasteiger partial charge in [-0.05, 0) is 24.7 Å². The van der Waals surface area contributed by atoms with Gasteiger partial charge in [0.2, 0.25) is 0 Å². The second kappa shape index (κ2) is 7.38. The standard InChI is InChI=1S/C15H21N3O2S/c1-16-13(10-21-12-8-17-18(2)9-12)11-5-6-14(19-3)15(7-11)20-4/h5-9,13,16H,10H2,1-4H3. The first kappa shape index (κ1) is 15.7. The smallest absolute Gasteiger partial charge is 0.161 e. The van der Waals surface area contributed by atoms with E-state index in [1.165, 1.54) is 10.5 Å². The summed E-state index contributed by atoms with van der Waals surface area (Å²) in [7, 11) is 7.19. The lowest BCUT2D eigenvalue weighted by Crippen LogP contribution is -2.18. The number of rotatable bonds is 7. The van der Waals surface area contributed by atoms with Crippen LogP contribution in [0.4, 0.5) is 0 Å². The molecule has 0 saturated heterocycles. The van der Waals surface area contributed by atoms with Crippen LogP contribution in [0.5, 0.6) is 11.5 Å². The van der Waals surface area contributed by atoms with Crippen molar-refractivity contribution in [2.24, 2.45) is 7.05 Å². The highest BCUT2D eigenvalue weighted by atomic mass is 32.2. The molecule has 0 amide bonds. The van der Waals surface area contributed by atoms with E-state index < -0.39 is 0 Å². The normalized spacial score (nSPS) is 12.2. The third-order valence-electron chi connectivity index (χ3n) is 3.26. The van der Waals surface area contributed by atoms with Crippen molar-refractivity contribution in [2.45, 2.75) is 10.9 Å². The molecule has 2 aromatic rings. The van der Waals surface area contributed by atoms with Crippen LogP contribution >= 0.6 is 11.8 Å². The molecule has 0 aliphatic rings. The van der Waals surface area contributed by atoms with E-state index in [-0.39, 0.29) is 6.04 Å². The highest BCUT2D eigenvalue weighted by molar-refractivity contribution is 7.99. The number of hydrogen-bond donors (Lipinski definition) is 1. The van der Waals surface area contributed by atoms with Crippen molar-refractivity contribution in [3.8, 4) is 11.5 Å². The third kappa shape index (κ3) is 3.92. The summed E-state index contributed by atoms with van der Waals surface area (Å²) < 4.78 is 12.5. The van der Waals surface area contributed by atoms with Crippen LogP contribution in [0.3, 0.4) is 0 Å². The number of aromatic nitrogens is 2. The van der Waals surface area contributed by atoms with Crippen molar-refractivity contribution in [1.29, 1.82) is 0 Å². The summed E-state index contributed by atoms with van der Waals surface area (Å²) in [6.07, 6.45) is 3.90. The first-order valence-electron chi connectivity index (χ1n) is 6.68. The fraction of sp³-hybridized carbons (Fsp3) is 0.400. The van der Waals surface area contributed by atoms with Gasteiger partial charge in [-0.15, -0.1) is 11.8 Å². The van der Waals surface area contributed by atoms with E-state index in [2.05, 4.69) is 16.5 Å². The molecule has 0 bridgehead atoms. The summed E-state index contributed by atoms with van der Waals surface area (Å²) in [5, 5.41) is 7.52. The van der Waals surface area contributed by atoms with Gasteiger partial charge in [0.25, 0.3) is 0 Å². The van der Waals surface area contributed by atoms with Gasteiger partial charge in [0.15, 0.2) is 11.5 Å². The summed E-state index contributed by atoms with van der Waals surface area (Å²) >= 11 is 1.77. The molecule has 2 rings (SSSR count). The van der Waals surface area contributed by atoms with Crippen LogP contribution in [0.15, 0.2) is 35.5 Å². The monoisotopic (exact) mass is 307 g/mol. The Balaban J connectivity index is 2.09. The van der Waals surface area contributed by atoms with Gasteiger partial charge >= 0.3 is 0 Å². The van der Waals surface area contributed by atoms with Crippen LogP contribution in [0, 0.1) is 0 Å². The Morgan fingerprint density at radius 3 is 2.62 bits per heavy atom. The third-order valence-corrected chi connectivity index (χ3v) is 4.30. The molecule has 0 saturated carbocycles. The molecule has 6 heteroatoms. The predicted octanol–water partition coefficient (Wildman–Crippen LogP) is 2.49. The van der Waals surface area contributed by atoms with Crippen molar-refractivity contribution < 1.29 is 9.47 Å². The average molecular weight is 307 g/mol. The van der Waals surface area contributed by atoms with Gasteiger partial charge in [0.05, 0.1) is 20.4 Å². The van der Waals surface area contributed by atoms with Gasteiger partial charge in [0, 0.05) is 29.9 Å². The minimum Gasteiger partial charge on any atom is -0.493 e. The minimum absolute atomic E-state index is 0.231. The van der Waals surface area contributed by atoms with Gasteiger partial charge in [-0.1, -0.05) is 6.07 Å². The number of aryl methyl sites for hydroxylation is 1. The molecule has 0 radical (unpaired) electrons. The fourth-order valence-corrected chi connectivity index (χ4v) is 3.14. The Morgan fingerprint density at radius 2 is 2.05 bits per heavy atom. The maximum atomic E-state index is 5.36. The molecule has 1 aromatic heterocycles. The zero-order valence-electron chi connectivity index (χ0n) is 12.8. The number of ether oxygens (including phenoxy) is 2. The molecular weight excluding hydrogens is 286 g/mol. The zero-order valence-corrected chi connectivity index (χ0v) is 13.6. The molecule has 0 fully saturated rings. The van der Waals surface area contributed by atoms with Gasteiger partial charge in [0.1, 0.15) is 0 Å². The Labute approximate surface area is 129 Å². The summed E-state index contributed by atoms with van der Waals surface area (Å²) in [6.45, 7) is 0. The molecule has 1 N–H and O–H groups in total. The molecule has 1 unspecified atom stereocenters. The molecule has 1 aromatic carbocycles. The molecule has 21 heavy (non-hydrogen) atoms. The van der Waals surface area contributed by atoms with Crippen LogP contribution in [-0.4, -0.2) is 36.8 Å². The number of thioether (sulfide) groups is 1. The number of nitrogens with one attached hydrogen (secondary N) is 1. The lowest BCUT2D eigenvalue weighted by atomic mass is 10.1. The molecule has 0 spiro atoms. The quantitative estimate of drug-likeness (QED) is 0.796. The van der Waals surface area contributed by atoms with Crippen LogP contribution < -0.4 is 14.8 Å². The second-order valence-corrected chi connectivity index (χ2v) is 5.71. The van der Waals surface area contributed by atoms with E-state index in [1.54, 1.807) is 26.0 Å². The van der Waals surface area contributed by atoms with E-state index in [4.69, 9.17) is 9.47 Å². The van der Waals surface area contributed by atoms with Gasteiger partial charge in [-0.2, -0.15) is 5.10 Å². The Kier molecular flexibility index (Phi) is 5.52.